The van der Waals surface area contributed by atoms with Crippen LogP contribution in [0.25, 0.3) is 11.0 Å². The van der Waals surface area contributed by atoms with Crippen LogP contribution >= 0.6 is 0 Å². The second kappa shape index (κ2) is 10.6. The number of ether oxygens (including phenoxy) is 1. The van der Waals surface area contributed by atoms with E-state index < -0.39 is 41.2 Å². The molecule has 9 nitrogen and oxygen atoms in total. The summed E-state index contributed by atoms with van der Waals surface area (Å²) in [5, 5.41) is 5.58. The molecule has 0 saturated carbocycles. The molecule has 0 aliphatic heterocycles. The number of primary amides is 1. The predicted molar refractivity (Wildman–Crippen MR) is 122 cm³/mol. The first-order valence-electron chi connectivity index (χ1n) is 10.4. The number of amides is 3. The maximum Gasteiger partial charge on any atom is 0.336 e. The van der Waals surface area contributed by atoms with E-state index in [-0.39, 0.29) is 18.4 Å². The van der Waals surface area contributed by atoms with Crippen LogP contribution in [0.1, 0.15) is 18.1 Å². The zero-order valence-electron chi connectivity index (χ0n) is 18.6. The molecule has 0 bridgehead atoms. The first-order chi connectivity index (χ1) is 16.2. The molecule has 0 spiro atoms. The molecule has 2 aromatic carbocycles. The maximum absolute atomic E-state index is 13.6. The van der Waals surface area contributed by atoms with E-state index in [0.717, 1.165) is 0 Å². The highest BCUT2D eigenvalue weighted by atomic mass is 19.1. The fourth-order valence-electron chi connectivity index (χ4n) is 3.58. The Bertz CT molecular complexity index is 1290. The Labute approximate surface area is 194 Å². The maximum atomic E-state index is 13.6. The first kappa shape index (κ1) is 24.4. The second-order valence-corrected chi connectivity index (χ2v) is 7.71. The molecular weight excluding hydrogens is 445 g/mol. The summed E-state index contributed by atoms with van der Waals surface area (Å²) in [6.45, 7) is 1.24. The van der Waals surface area contributed by atoms with Gasteiger partial charge in [0.15, 0.2) is 0 Å². The van der Waals surface area contributed by atoms with Gasteiger partial charge in [0.05, 0.1) is 7.11 Å². The van der Waals surface area contributed by atoms with Gasteiger partial charge in [-0.2, -0.15) is 0 Å². The summed E-state index contributed by atoms with van der Waals surface area (Å²) in [7, 11) is 1.47. The zero-order chi connectivity index (χ0) is 24.8. The van der Waals surface area contributed by atoms with E-state index in [1.165, 1.54) is 44.4 Å². The molecule has 3 amide bonds. The van der Waals surface area contributed by atoms with Crippen LogP contribution in [0, 0.1) is 5.82 Å². The molecule has 0 unspecified atom stereocenters. The van der Waals surface area contributed by atoms with Gasteiger partial charge < -0.3 is 25.5 Å². The van der Waals surface area contributed by atoms with E-state index in [0.29, 0.717) is 22.3 Å². The van der Waals surface area contributed by atoms with Crippen molar-refractivity contribution in [3.05, 3.63) is 75.9 Å². The summed E-state index contributed by atoms with van der Waals surface area (Å²) in [5.41, 5.74) is 6.03. The summed E-state index contributed by atoms with van der Waals surface area (Å²) in [6, 6.07) is 9.41. The lowest BCUT2D eigenvalue weighted by atomic mass is 10.0. The van der Waals surface area contributed by atoms with Crippen molar-refractivity contribution in [1.29, 1.82) is 0 Å². The van der Waals surface area contributed by atoms with Crippen molar-refractivity contribution >= 4 is 28.7 Å². The molecule has 0 aliphatic carbocycles. The summed E-state index contributed by atoms with van der Waals surface area (Å²) in [4.78, 5) is 48.8. The number of fused-ring (bicyclic) bond motifs is 1. The summed E-state index contributed by atoms with van der Waals surface area (Å²) >= 11 is 0. The SMILES string of the molecule is COc1ccc2c(C[C@H](NC(=O)[C@H](Cc3cccc(F)c3)NC(C)=O)C(N)=O)cc(=O)oc2c1. The number of carbonyl (C=O) groups is 3. The van der Waals surface area contributed by atoms with Gasteiger partial charge in [-0.05, 0) is 35.4 Å². The number of carbonyl (C=O) groups excluding carboxylic acids is 3. The third kappa shape index (κ3) is 6.18. The quantitative estimate of drug-likeness (QED) is 0.402. The van der Waals surface area contributed by atoms with Gasteiger partial charge in [-0.15, -0.1) is 0 Å². The highest BCUT2D eigenvalue weighted by molar-refractivity contribution is 5.92. The van der Waals surface area contributed by atoms with Crippen molar-refractivity contribution in [3.63, 3.8) is 0 Å². The number of methoxy groups -OCH3 is 1. The lowest BCUT2D eigenvalue weighted by Gasteiger charge is -2.22. The molecule has 34 heavy (non-hydrogen) atoms. The molecule has 4 N–H and O–H groups in total. The smallest absolute Gasteiger partial charge is 0.336 e. The van der Waals surface area contributed by atoms with Crippen LogP contribution < -0.4 is 26.7 Å². The van der Waals surface area contributed by atoms with Gasteiger partial charge in [0.2, 0.25) is 17.7 Å². The molecule has 3 rings (SSSR count). The van der Waals surface area contributed by atoms with E-state index in [2.05, 4.69) is 10.6 Å². The van der Waals surface area contributed by atoms with Crippen LogP contribution in [0.5, 0.6) is 5.75 Å². The largest absolute Gasteiger partial charge is 0.497 e. The van der Waals surface area contributed by atoms with E-state index in [9.17, 15) is 23.6 Å². The Hall–Kier alpha value is -4.21. The standard InChI is InChI=1S/C24H24FN3O6/c1-13(29)27-20(9-14-4-3-5-16(25)8-14)24(32)28-19(23(26)31)10-15-11-22(30)34-21-12-17(33-2)6-7-18(15)21/h3-8,11-12,19-20H,9-10H2,1-2H3,(H2,26,31)(H,27,29)(H,28,32)/t19-,20-/m0/s1. The molecule has 0 fully saturated rings. The molecule has 0 aliphatic rings. The molecule has 10 heteroatoms. The minimum Gasteiger partial charge on any atom is -0.497 e. The molecule has 0 saturated heterocycles. The van der Waals surface area contributed by atoms with Gasteiger partial charge in [-0.1, -0.05) is 12.1 Å². The van der Waals surface area contributed by atoms with E-state index in [4.69, 9.17) is 14.9 Å². The molecule has 1 heterocycles. The van der Waals surface area contributed by atoms with Crippen molar-refractivity contribution in [3.8, 4) is 5.75 Å². The first-order valence-corrected chi connectivity index (χ1v) is 10.4. The average molecular weight is 469 g/mol. The Morgan fingerprint density at radius 2 is 1.82 bits per heavy atom. The van der Waals surface area contributed by atoms with Gasteiger partial charge in [0.1, 0.15) is 29.2 Å². The lowest BCUT2D eigenvalue weighted by Crippen LogP contribution is -2.54. The number of hydrogen-bond donors (Lipinski definition) is 3. The fraction of sp³-hybridized carbons (Fsp3) is 0.250. The number of nitrogens with two attached hydrogens (primary N) is 1. The minimum absolute atomic E-state index is 0.00763. The van der Waals surface area contributed by atoms with Crippen LogP contribution in [-0.2, 0) is 27.2 Å². The third-order valence-corrected chi connectivity index (χ3v) is 5.14. The van der Waals surface area contributed by atoms with Crippen LogP contribution in [0.2, 0.25) is 0 Å². The van der Waals surface area contributed by atoms with Gasteiger partial charge in [0.25, 0.3) is 0 Å². The Balaban J connectivity index is 1.86. The molecule has 178 valence electrons. The van der Waals surface area contributed by atoms with E-state index in [1.807, 2.05) is 0 Å². The fourth-order valence-corrected chi connectivity index (χ4v) is 3.58. The van der Waals surface area contributed by atoms with Crippen molar-refractivity contribution < 1.29 is 27.9 Å². The number of benzene rings is 2. The van der Waals surface area contributed by atoms with Gasteiger partial charge in [0, 0.05) is 37.3 Å². The van der Waals surface area contributed by atoms with E-state index in [1.54, 1.807) is 18.2 Å². The molecule has 1 aromatic heterocycles. The Morgan fingerprint density at radius 3 is 2.47 bits per heavy atom. The Kier molecular flexibility index (Phi) is 7.62. The second-order valence-electron chi connectivity index (χ2n) is 7.71. The van der Waals surface area contributed by atoms with E-state index >= 15 is 0 Å². The molecule has 2 atom stereocenters. The number of rotatable bonds is 9. The average Bonchev–Trinajstić information content (AvgIpc) is 2.77. The monoisotopic (exact) mass is 469 g/mol. The minimum atomic E-state index is -1.19. The van der Waals surface area contributed by atoms with Crippen molar-refractivity contribution in [2.75, 3.05) is 7.11 Å². The molecule has 3 aromatic rings. The van der Waals surface area contributed by atoms with Crippen LogP contribution in [-0.4, -0.2) is 36.9 Å². The number of hydrogen-bond acceptors (Lipinski definition) is 6. The summed E-state index contributed by atoms with van der Waals surface area (Å²) < 4.78 is 23.9. The van der Waals surface area contributed by atoms with Crippen LogP contribution in [0.4, 0.5) is 4.39 Å². The van der Waals surface area contributed by atoms with Gasteiger partial charge in [-0.25, -0.2) is 9.18 Å². The lowest BCUT2D eigenvalue weighted by molar-refractivity contribution is -0.130. The molecular formula is C24H24FN3O6. The predicted octanol–water partition coefficient (Wildman–Crippen LogP) is 1.20. The Morgan fingerprint density at radius 1 is 1.06 bits per heavy atom. The van der Waals surface area contributed by atoms with Crippen molar-refractivity contribution in [2.24, 2.45) is 5.73 Å². The van der Waals surface area contributed by atoms with Gasteiger partial charge in [-0.3, -0.25) is 14.4 Å². The zero-order valence-corrected chi connectivity index (χ0v) is 18.6. The topological polar surface area (TPSA) is 141 Å². The number of halogens is 1. The third-order valence-electron chi connectivity index (χ3n) is 5.14. The highest BCUT2D eigenvalue weighted by Gasteiger charge is 2.26. The highest BCUT2D eigenvalue weighted by Crippen LogP contribution is 2.23. The summed E-state index contributed by atoms with van der Waals surface area (Å²) in [6.07, 6.45) is -0.103. The van der Waals surface area contributed by atoms with Crippen molar-refractivity contribution in [1.82, 2.24) is 10.6 Å². The van der Waals surface area contributed by atoms with Gasteiger partial charge >= 0.3 is 5.63 Å². The molecule has 0 radical (unpaired) electrons. The van der Waals surface area contributed by atoms with Crippen LogP contribution in [0.3, 0.4) is 0 Å². The summed E-state index contributed by atoms with van der Waals surface area (Å²) in [5.74, 6) is -2.01. The van der Waals surface area contributed by atoms with Crippen molar-refractivity contribution in [2.45, 2.75) is 31.8 Å². The number of nitrogens with one attached hydrogen (secondary N) is 2. The van der Waals surface area contributed by atoms with Crippen LogP contribution in [0.15, 0.2) is 57.7 Å². The normalized spacial score (nSPS) is 12.6.